The van der Waals surface area contributed by atoms with Crippen molar-refractivity contribution >= 4 is 12.1 Å². The average Bonchev–Trinajstić information content (AvgIpc) is 1.58. The quantitative estimate of drug-likeness (QED) is 0.438. The molecule has 2 heteroatoms. The summed E-state index contributed by atoms with van der Waals surface area (Å²) < 4.78 is 0. The maximum atomic E-state index is 10.1. The second-order valence-electron chi connectivity index (χ2n) is 1.84. The molecule has 0 spiro atoms. The lowest BCUT2D eigenvalue weighted by atomic mass is 9.86. The molecule has 0 aromatic carbocycles. The molecule has 2 nitrogen and oxygen atoms in total. The topological polar surface area (TPSA) is 34.1 Å². The molecule has 0 aliphatic heterocycles. The second kappa shape index (κ2) is 1.45. The van der Waals surface area contributed by atoms with E-state index in [0.717, 1.165) is 6.29 Å². The maximum absolute atomic E-state index is 10.1. The summed E-state index contributed by atoms with van der Waals surface area (Å²) in [5.41, 5.74) is 0. The van der Waals surface area contributed by atoms with E-state index in [2.05, 4.69) is 0 Å². The molecule has 0 amide bonds. The summed E-state index contributed by atoms with van der Waals surface area (Å²) >= 11 is 0. The van der Waals surface area contributed by atoms with E-state index in [0.29, 0.717) is 12.8 Å². The van der Waals surface area contributed by atoms with Gasteiger partial charge in [-0.2, -0.15) is 0 Å². The van der Waals surface area contributed by atoms with E-state index in [9.17, 15) is 9.59 Å². The zero-order valence-electron chi connectivity index (χ0n) is 3.89. The molecular weight excluding hydrogens is 92.1 g/mol. The molecule has 0 atom stereocenters. The summed E-state index contributed by atoms with van der Waals surface area (Å²) in [5, 5.41) is 0. The van der Waals surface area contributed by atoms with Crippen LogP contribution in [0.4, 0.5) is 0 Å². The SMILES string of the molecule is O=CC1CC(=O)C1. The number of aldehydes is 1. The average molecular weight is 98.1 g/mol. The first-order valence-electron chi connectivity index (χ1n) is 2.30. The van der Waals surface area contributed by atoms with E-state index in [1.165, 1.54) is 0 Å². The molecule has 0 heterocycles. The number of rotatable bonds is 1. The van der Waals surface area contributed by atoms with Crippen molar-refractivity contribution in [2.24, 2.45) is 5.92 Å². The molecular formula is C5H6O2. The Hall–Kier alpha value is -0.660. The van der Waals surface area contributed by atoms with Crippen LogP contribution in [0.2, 0.25) is 0 Å². The molecule has 1 aliphatic rings. The van der Waals surface area contributed by atoms with Gasteiger partial charge in [0.2, 0.25) is 0 Å². The summed E-state index contributed by atoms with van der Waals surface area (Å²) in [7, 11) is 0. The Morgan fingerprint density at radius 3 is 2.29 bits per heavy atom. The number of hydrogen-bond donors (Lipinski definition) is 0. The van der Waals surface area contributed by atoms with E-state index in [4.69, 9.17) is 0 Å². The summed E-state index contributed by atoms with van der Waals surface area (Å²) in [5.74, 6) is 0.282. The van der Waals surface area contributed by atoms with Crippen molar-refractivity contribution in [3.05, 3.63) is 0 Å². The van der Waals surface area contributed by atoms with Crippen LogP contribution in [0.1, 0.15) is 12.8 Å². The highest BCUT2D eigenvalue weighted by Gasteiger charge is 2.24. The van der Waals surface area contributed by atoms with Crippen molar-refractivity contribution in [3.8, 4) is 0 Å². The van der Waals surface area contributed by atoms with Crippen LogP contribution in [0.15, 0.2) is 0 Å². The fourth-order valence-electron chi connectivity index (χ4n) is 0.621. The highest BCUT2D eigenvalue weighted by molar-refractivity contribution is 5.90. The van der Waals surface area contributed by atoms with Gasteiger partial charge in [-0.15, -0.1) is 0 Å². The lowest BCUT2D eigenvalue weighted by Crippen LogP contribution is -2.23. The zero-order chi connectivity index (χ0) is 5.28. The number of carbonyl (C=O) groups is 2. The van der Waals surface area contributed by atoms with Gasteiger partial charge in [-0.05, 0) is 0 Å². The molecule has 0 aromatic heterocycles. The van der Waals surface area contributed by atoms with E-state index in [1.807, 2.05) is 0 Å². The van der Waals surface area contributed by atoms with Gasteiger partial charge in [0, 0.05) is 18.8 Å². The van der Waals surface area contributed by atoms with Gasteiger partial charge in [0.1, 0.15) is 12.1 Å². The maximum Gasteiger partial charge on any atom is 0.134 e. The minimum atomic E-state index is 0.0625. The predicted molar refractivity (Wildman–Crippen MR) is 23.8 cm³/mol. The highest BCUT2D eigenvalue weighted by atomic mass is 16.1. The number of carbonyl (C=O) groups excluding carboxylic acids is 2. The molecule has 1 aliphatic carbocycles. The van der Waals surface area contributed by atoms with E-state index < -0.39 is 0 Å². The van der Waals surface area contributed by atoms with Gasteiger partial charge in [0.25, 0.3) is 0 Å². The van der Waals surface area contributed by atoms with E-state index in [1.54, 1.807) is 0 Å². The Labute approximate surface area is 41.5 Å². The van der Waals surface area contributed by atoms with Gasteiger partial charge in [-0.1, -0.05) is 0 Å². The first-order valence-corrected chi connectivity index (χ1v) is 2.30. The van der Waals surface area contributed by atoms with Crippen molar-refractivity contribution in [2.45, 2.75) is 12.8 Å². The Morgan fingerprint density at radius 2 is 2.14 bits per heavy atom. The molecule has 0 N–H and O–H groups in total. The third-order valence-electron chi connectivity index (χ3n) is 1.17. The van der Waals surface area contributed by atoms with Crippen molar-refractivity contribution in [2.75, 3.05) is 0 Å². The lowest BCUT2D eigenvalue weighted by molar-refractivity contribution is -0.131. The largest absolute Gasteiger partial charge is 0.303 e. The summed E-state index contributed by atoms with van der Waals surface area (Å²) in [6.07, 6.45) is 1.83. The van der Waals surface area contributed by atoms with Gasteiger partial charge < -0.3 is 4.79 Å². The third kappa shape index (κ3) is 0.683. The highest BCUT2D eigenvalue weighted by Crippen LogP contribution is 2.19. The summed E-state index contributed by atoms with van der Waals surface area (Å²) in [6.45, 7) is 0. The van der Waals surface area contributed by atoms with Gasteiger partial charge in [-0.3, -0.25) is 4.79 Å². The lowest BCUT2D eigenvalue weighted by Gasteiger charge is -2.16. The minimum Gasteiger partial charge on any atom is -0.303 e. The summed E-state index contributed by atoms with van der Waals surface area (Å²) in [4.78, 5) is 19.9. The third-order valence-corrected chi connectivity index (χ3v) is 1.17. The molecule has 38 valence electrons. The molecule has 0 radical (unpaired) electrons. The van der Waals surface area contributed by atoms with E-state index in [-0.39, 0.29) is 11.7 Å². The van der Waals surface area contributed by atoms with Gasteiger partial charge in [0.05, 0.1) is 0 Å². The molecule has 0 saturated heterocycles. The number of Topliss-reactive ketones (excluding diaryl/α,β-unsaturated/α-hetero) is 1. The first-order chi connectivity index (χ1) is 3.33. The van der Waals surface area contributed by atoms with Gasteiger partial charge in [0.15, 0.2) is 0 Å². The molecule has 7 heavy (non-hydrogen) atoms. The molecule has 1 rings (SSSR count). The fraction of sp³-hybridized carbons (Fsp3) is 0.600. The van der Waals surface area contributed by atoms with Crippen LogP contribution in [-0.2, 0) is 9.59 Å². The molecule has 1 saturated carbocycles. The fourth-order valence-corrected chi connectivity index (χ4v) is 0.621. The normalized spacial score (nSPS) is 21.4. The van der Waals surface area contributed by atoms with E-state index >= 15 is 0 Å². The Balaban J connectivity index is 2.29. The summed E-state index contributed by atoms with van der Waals surface area (Å²) in [6, 6.07) is 0. The van der Waals surface area contributed by atoms with Crippen LogP contribution in [0.5, 0.6) is 0 Å². The Morgan fingerprint density at radius 1 is 1.57 bits per heavy atom. The number of hydrogen-bond acceptors (Lipinski definition) is 2. The zero-order valence-corrected chi connectivity index (χ0v) is 3.89. The van der Waals surface area contributed by atoms with Crippen LogP contribution >= 0.6 is 0 Å². The van der Waals surface area contributed by atoms with Crippen molar-refractivity contribution in [1.82, 2.24) is 0 Å². The minimum absolute atomic E-state index is 0.0625. The Kier molecular flexibility index (Phi) is 0.929. The van der Waals surface area contributed by atoms with Crippen molar-refractivity contribution in [3.63, 3.8) is 0 Å². The van der Waals surface area contributed by atoms with Crippen LogP contribution < -0.4 is 0 Å². The van der Waals surface area contributed by atoms with Crippen LogP contribution in [0.3, 0.4) is 0 Å². The standard InChI is InChI=1S/C5H6O2/c6-3-4-1-5(7)2-4/h3-4H,1-2H2. The molecule has 0 aromatic rings. The molecule has 1 fully saturated rings. The predicted octanol–water partition coefficient (Wildman–Crippen LogP) is 0.164. The second-order valence-corrected chi connectivity index (χ2v) is 1.84. The van der Waals surface area contributed by atoms with Crippen LogP contribution in [0.25, 0.3) is 0 Å². The van der Waals surface area contributed by atoms with Crippen LogP contribution in [-0.4, -0.2) is 12.1 Å². The van der Waals surface area contributed by atoms with Crippen molar-refractivity contribution < 1.29 is 9.59 Å². The Bertz CT molecular complexity index is 98.6. The number of ketones is 1. The van der Waals surface area contributed by atoms with Crippen molar-refractivity contribution in [1.29, 1.82) is 0 Å². The molecule has 0 unspecified atom stereocenters. The van der Waals surface area contributed by atoms with Gasteiger partial charge >= 0.3 is 0 Å². The smallest absolute Gasteiger partial charge is 0.134 e. The first kappa shape index (κ1) is 4.50. The monoisotopic (exact) mass is 98.0 g/mol. The van der Waals surface area contributed by atoms with Crippen LogP contribution in [0, 0.1) is 5.92 Å². The van der Waals surface area contributed by atoms with Gasteiger partial charge in [-0.25, -0.2) is 0 Å². The molecule has 0 bridgehead atoms.